The van der Waals surface area contributed by atoms with Crippen LogP contribution in [0.1, 0.15) is 36.6 Å². The minimum atomic E-state index is -0.0648. The fourth-order valence-corrected chi connectivity index (χ4v) is 5.30. The van der Waals surface area contributed by atoms with E-state index in [2.05, 4.69) is 57.0 Å². The molecule has 1 unspecified atom stereocenters. The van der Waals surface area contributed by atoms with E-state index < -0.39 is 0 Å². The standard InChI is InChI=1S/C28H27N7O/c1-2-14-36-27(3-1)35-26-7-5-21(20-8-11-29-12-9-20)16-24(26)28(32-35)25-18-34(33-31-25)23-6-4-19-10-13-30-17-22(19)15-23/h4-9,11-12,15-16,18,27,30H,1-3,10,13-14,17H2. The first-order chi connectivity index (χ1) is 17.8. The van der Waals surface area contributed by atoms with Gasteiger partial charge in [0.1, 0.15) is 11.4 Å². The van der Waals surface area contributed by atoms with E-state index in [1.807, 2.05) is 40.1 Å². The summed E-state index contributed by atoms with van der Waals surface area (Å²) >= 11 is 0. The van der Waals surface area contributed by atoms with E-state index in [0.717, 1.165) is 84.5 Å². The summed E-state index contributed by atoms with van der Waals surface area (Å²) in [6.07, 6.45) is 9.80. The van der Waals surface area contributed by atoms with Crippen LogP contribution in [0.4, 0.5) is 0 Å². The van der Waals surface area contributed by atoms with Gasteiger partial charge in [-0.25, -0.2) is 9.36 Å². The van der Waals surface area contributed by atoms with Crippen LogP contribution in [0.2, 0.25) is 0 Å². The van der Waals surface area contributed by atoms with E-state index in [4.69, 9.17) is 9.84 Å². The number of nitrogens with one attached hydrogen (secondary N) is 1. The largest absolute Gasteiger partial charge is 0.356 e. The molecule has 8 nitrogen and oxygen atoms in total. The Morgan fingerprint density at radius 3 is 2.78 bits per heavy atom. The fourth-order valence-electron chi connectivity index (χ4n) is 5.30. The van der Waals surface area contributed by atoms with Gasteiger partial charge in [0.05, 0.1) is 17.4 Å². The van der Waals surface area contributed by atoms with E-state index >= 15 is 0 Å². The summed E-state index contributed by atoms with van der Waals surface area (Å²) in [7, 11) is 0. The van der Waals surface area contributed by atoms with Crippen molar-refractivity contribution in [3.8, 4) is 28.2 Å². The minimum absolute atomic E-state index is 0.0648. The molecular weight excluding hydrogens is 450 g/mol. The third-order valence-corrected chi connectivity index (χ3v) is 7.23. The van der Waals surface area contributed by atoms with E-state index in [9.17, 15) is 0 Å². The number of pyridine rings is 1. The van der Waals surface area contributed by atoms with E-state index in [-0.39, 0.29) is 6.23 Å². The van der Waals surface area contributed by atoms with Crippen LogP contribution in [0.5, 0.6) is 0 Å². The van der Waals surface area contributed by atoms with Gasteiger partial charge < -0.3 is 10.1 Å². The zero-order chi connectivity index (χ0) is 23.9. The molecule has 180 valence electrons. The van der Waals surface area contributed by atoms with Crippen molar-refractivity contribution in [3.05, 3.63) is 78.2 Å². The molecule has 0 bridgehead atoms. The van der Waals surface area contributed by atoms with Gasteiger partial charge in [-0.1, -0.05) is 17.3 Å². The van der Waals surface area contributed by atoms with Crippen LogP contribution in [-0.4, -0.2) is 42.9 Å². The summed E-state index contributed by atoms with van der Waals surface area (Å²) in [6.45, 7) is 2.68. The summed E-state index contributed by atoms with van der Waals surface area (Å²) in [5.41, 5.74) is 8.58. The van der Waals surface area contributed by atoms with Crippen molar-refractivity contribution in [1.82, 2.24) is 35.1 Å². The molecule has 1 atom stereocenters. The van der Waals surface area contributed by atoms with Gasteiger partial charge in [0.25, 0.3) is 0 Å². The summed E-state index contributed by atoms with van der Waals surface area (Å²) < 4.78 is 9.99. The Morgan fingerprint density at radius 2 is 1.89 bits per heavy atom. The third-order valence-electron chi connectivity index (χ3n) is 7.23. The Kier molecular flexibility index (Phi) is 5.33. The highest BCUT2D eigenvalue weighted by Crippen LogP contribution is 2.35. The predicted octanol–water partition coefficient (Wildman–Crippen LogP) is 4.69. The van der Waals surface area contributed by atoms with Gasteiger partial charge in [-0.3, -0.25) is 4.98 Å². The highest BCUT2D eigenvalue weighted by atomic mass is 16.5. The SMILES string of the molecule is c1cc(-c2ccc3c(c2)c(-c2cn(-c4ccc5c(c4)CNCC5)nn2)nn3C2CCCCO2)ccn1. The molecule has 0 radical (unpaired) electrons. The summed E-state index contributed by atoms with van der Waals surface area (Å²) in [5, 5.41) is 18.6. The highest BCUT2D eigenvalue weighted by Gasteiger charge is 2.23. The van der Waals surface area contributed by atoms with Crippen LogP contribution >= 0.6 is 0 Å². The number of aromatic nitrogens is 6. The van der Waals surface area contributed by atoms with Gasteiger partial charge in [-0.15, -0.1) is 5.10 Å². The molecule has 7 rings (SSSR count). The molecular formula is C28H27N7O. The van der Waals surface area contributed by atoms with E-state index in [1.54, 1.807) is 0 Å². The first kappa shape index (κ1) is 21.4. The van der Waals surface area contributed by atoms with Crippen LogP contribution in [0.3, 0.4) is 0 Å². The first-order valence-electron chi connectivity index (χ1n) is 12.6. The van der Waals surface area contributed by atoms with Crippen molar-refractivity contribution in [2.24, 2.45) is 0 Å². The Bertz CT molecular complexity index is 1530. The Morgan fingerprint density at radius 1 is 0.944 bits per heavy atom. The molecule has 0 spiro atoms. The number of rotatable bonds is 4. The van der Waals surface area contributed by atoms with Crippen LogP contribution in [0.15, 0.2) is 67.1 Å². The maximum Gasteiger partial charge on any atom is 0.150 e. The van der Waals surface area contributed by atoms with E-state index in [0.29, 0.717) is 0 Å². The van der Waals surface area contributed by atoms with Gasteiger partial charge in [0, 0.05) is 30.9 Å². The average Bonchev–Trinajstić information content (AvgIpc) is 3.59. The Balaban J connectivity index is 1.33. The molecule has 1 N–H and O–H groups in total. The van der Waals surface area contributed by atoms with Gasteiger partial charge in [0.15, 0.2) is 6.23 Å². The van der Waals surface area contributed by atoms with Crippen molar-refractivity contribution in [2.75, 3.05) is 13.2 Å². The van der Waals surface area contributed by atoms with Gasteiger partial charge in [-0.2, -0.15) is 5.10 Å². The number of hydrogen-bond acceptors (Lipinski definition) is 6. The maximum absolute atomic E-state index is 6.11. The third kappa shape index (κ3) is 3.79. The average molecular weight is 478 g/mol. The summed E-state index contributed by atoms with van der Waals surface area (Å²) in [5.74, 6) is 0. The monoisotopic (exact) mass is 477 g/mol. The molecule has 3 aromatic heterocycles. The second-order valence-corrected chi connectivity index (χ2v) is 9.51. The Labute approximate surface area is 208 Å². The normalized spacial score (nSPS) is 17.8. The molecule has 1 saturated heterocycles. The van der Waals surface area contributed by atoms with Gasteiger partial charge >= 0.3 is 0 Å². The van der Waals surface area contributed by atoms with Crippen LogP contribution < -0.4 is 5.32 Å². The second-order valence-electron chi connectivity index (χ2n) is 9.51. The minimum Gasteiger partial charge on any atom is -0.356 e. The number of benzene rings is 2. The van der Waals surface area contributed by atoms with Crippen molar-refractivity contribution in [1.29, 1.82) is 0 Å². The van der Waals surface area contributed by atoms with Crippen molar-refractivity contribution < 1.29 is 4.74 Å². The molecule has 2 aliphatic rings. The quantitative estimate of drug-likeness (QED) is 0.404. The molecule has 0 aliphatic carbocycles. The Hall–Kier alpha value is -3.88. The number of ether oxygens (including phenoxy) is 1. The van der Waals surface area contributed by atoms with Gasteiger partial charge in [0.2, 0.25) is 0 Å². The van der Waals surface area contributed by atoms with E-state index in [1.165, 1.54) is 11.1 Å². The lowest BCUT2D eigenvalue weighted by atomic mass is 10.0. The van der Waals surface area contributed by atoms with Crippen molar-refractivity contribution in [2.45, 2.75) is 38.5 Å². The lowest BCUT2D eigenvalue weighted by Gasteiger charge is -2.23. The number of nitrogens with zero attached hydrogens (tertiary/aromatic N) is 6. The van der Waals surface area contributed by atoms with Crippen LogP contribution in [-0.2, 0) is 17.7 Å². The van der Waals surface area contributed by atoms with Gasteiger partial charge in [-0.05, 0) is 90.9 Å². The summed E-state index contributed by atoms with van der Waals surface area (Å²) in [6, 6.07) is 17.0. The van der Waals surface area contributed by atoms with Crippen molar-refractivity contribution in [3.63, 3.8) is 0 Å². The zero-order valence-electron chi connectivity index (χ0n) is 20.0. The first-order valence-corrected chi connectivity index (χ1v) is 12.6. The molecule has 2 aliphatic heterocycles. The molecule has 8 heteroatoms. The smallest absolute Gasteiger partial charge is 0.150 e. The lowest BCUT2D eigenvalue weighted by Crippen LogP contribution is -2.23. The predicted molar refractivity (Wildman–Crippen MR) is 138 cm³/mol. The second kappa shape index (κ2) is 8.96. The molecule has 0 amide bonds. The molecule has 36 heavy (non-hydrogen) atoms. The molecule has 2 aromatic carbocycles. The topological polar surface area (TPSA) is 82.7 Å². The van der Waals surface area contributed by atoms with Crippen molar-refractivity contribution >= 4 is 10.9 Å². The zero-order valence-corrected chi connectivity index (χ0v) is 20.0. The fraction of sp³-hybridized carbons (Fsp3) is 0.286. The lowest BCUT2D eigenvalue weighted by molar-refractivity contribution is -0.0365. The van der Waals surface area contributed by atoms with Crippen LogP contribution in [0.25, 0.3) is 39.1 Å². The molecule has 1 fully saturated rings. The highest BCUT2D eigenvalue weighted by molar-refractivity contribution is 5.95. The molecule has 5 heterocycles. The van der Waals surface area contributed by atoms with Crippen LogP contribution in [0, 0.1) is 0 Å². The maximum atomic E-state index is 6.11. The number of hydrogen-bond donors (Lipinski definition) is 1. The summed E-state index contributed by atoms with van der Waals surface area (Å²) in [4.78, 5) is 4.16. The molecule has 0 saturated carbocycles. The number of fused-ring (bicyclic) bond motifs is 2. The molecule has 5 aromatic rings.